The van der Waals surface area contributed by atoms with E-state index in [1.165, 1.54) is 18.4 Å². The van der Waals surface area contributed by atoms with E-state index in [4.69, 9.17) is 0 Å². The Labute approximate surface area is 117 Å². The van der Waals surface area contributed by atoms with Gasteiger partial charge in [-0.15, -0.1) is 0 Å². The van der Waals surface area contributed by atoms with Gasteiger partial charge in [-0.25, -0.2) is 0 Å². The molecule has 2 aromatic heterocycles. The Morgan fingerprint density at radius 3 is 2.79 bits per heavy atom. The molecule has 0 radical (unpaired) electrons. The van der Waals surface area contributed by atoms with Crippen molar-refractivity contribution in [2.75, 3.05) is 4.90 Å². The summed E-state index contributed by atoms with van der Waals surface area (Å²) in [7, 11) is 0. The maximum Gasteiger partial charge on any atom is 0.0931 e. The summed E-state index contributed by atoms with van der Waals surface area (Å²) in [5.74, 6) is 0. The number of nitrogens with zero attached hydrogens (tertiary/aromatic N) is 2. The summed E-state index contributed by atoms with van der Waals surface area (Å²) in [6.45, 7) is 2.69. The van der Waals surface area contributed by atoms with E-state index in [9.17, 15) is 5.11 Å². The molecule has 4 heteroatoms. The van der Waals surface area contributed by atoms with E-state index in [2.05, 4.69) is 32.8 Å². The van der Waals surface area contributed by atoms with Crippen LogP contribution in [0, 0.1) is 0 Å². The van der Waals surface area contributed by atoms with Crippen molar-refractivity contribution in [3.05, 3.63) is 46.4 Å². The Hall–Kier alpha value is -1.39. The number of hydrogen-bond donors (Lipinski definition) is 1. The van der Waals surface area contributed by atoms with E-state index in [0.29, 0.717) is 6.04 Å². The summed E-state index contributed by atoms with van der Waals surface area (Å²) in [5.41, 5.74) is 3.24. The van der Waals surface area contributed by atoms with Gasteiger partial charge in [0.15, 0.2) is 0 Å². The lowest BCUT2D eigenvalue weighted by atomic mass is 10.2. The molecule has 0 spiro atoms. The Morgan fingerprint density at radius 2 is 2.26 bits per heavy atom. The zero-order valence-corrected chi connectivity index (χ0v) is 11.8. The standard InChI is InChI=1S/C15H18N2OS/c1-11(18)15-5-4-14(8-16-15)17(13-2-3-13)9-12-6-7-19-10-12/h4-8,10-11,13,18H,2-3,9H2,1H3/t11-/m1/s1. The van der Waals surface area contributed by atoms with Crippen LogP contribution in [-0.2, 0) is 6.54 Å². The van der Waals surface area contributed by atoms with Gasteiger partial charge in [0.05, 0.1) is 23.7 Å². The average molecular weight is 274 g/mol. The van der Waals surface area contributed by atoms with Crippen LogP contribution in [0.4, 0.5) is 5.69 Å². The number of rotatable bonds is 5. The molecule has 100 valence electrons. The first-order chi connectivity index (χ1) is 9.24. The molecule has 1 saturated carbocycles. The maximum atomic E-state index is 9.51. The van der Waals surface area contributed by atoms with Gasteiger partial charge in [-0.1, -0.05) is 0 Å². The molecule has 0 unspecified atom stereocenters. The molecule has 1 atom stereocenters. The number of aromatic nitrogens is 1. The first-order valence-electron chi connectivity index (χ1n) is 6.66. The molecule has 1 aliphatic carbocycles. The second-order valence-corrected chi connectivity index (χ2v) is 5.89. The van der Waals surface area contributed by atoms with Gasteiger partial charge in [0.1, 0.15) is 0 Å². The fourth-order valence-corrected chi connectivity index (χ4v) is 2.87. The van der Waals surface area contributed by atoms with E-state index in [1.54, 1.807) is 18.3 Å². The summed E-state index contributed by atoms with van der Waals surface area (Å²) >= 11 is 1.74. The van der Waals surface area contributed by atoms with Gasteiger partial charge in [-0.05, 0) is 54.3 Å². The maximum absolute atomic E-state index is 9.51. The number of aliphatic hydroxyl groups is 1. The monoisotopic (exact) mass is 274 g/mol. The lowest BCUT2D eigenvalue weighted by Gasteiger charge is -2.24. The smallest absolute Gasteiger partial charge is 0.0931 e. The number of hydrogen-bond acceptors (Lipinski definition) is 4. The van der Waals surface area contributed by atoms with Gasteiger partial charge in [0.25, 0.3) is 0 Å². The van der Waals surface area contributed by atoms with Crippen molar-refractivity contribution in [3.63, 3.8) is 0 Å². The minimum Gasteiger partial charge on any atom is -0.387 e. The summed E-state index contributed by atoms with van der Waals surface area (Å²) in [5, 5.41) is 13.8. The van der Waals surface area contributed by atoms with Gasteiger partial charge in [-0.2, -0.15) is 11.3 Å². The van der Waals surface area contributed by atoms with E-state index < -0.39 is 6.10 Å². The molecule has 0 saturated heterocycles. The molecule has 1 aliphatic rings. The summed E-state index contributed by atoms with van der Waals surface area (Å²) in [4.78, 5) is 6.77. The van der Waals surface area contributed by atoms with Crippen LogP contribution in [0.1, 0.15) is 37.1 Å². The van der Waals surface area contributed by atoms with Crippen molar-refractivity contribution in [1.29, 1.82) is 0 Å². The highest BCUT2D eigenvalue weighted by atomic mass is 32.1. The van der Waals surface area contributed by atoms with Crippen molar-refractivity contribution < 1.29 is 5.11 Å². The van der Waals surface area contributed by atoms with Crippen LogP contribution in [-0.4, -0.2) is 16.1 Å². The lowest BCUT2D eigenvalue weighted by molar-refractivity contribution is 0.194. The quantitative estimate of drug-likeness (QED) is 0.908. The fraction of sp³-hybridized carbons (Fsp3) is 0.400. The Morgan fingerprint density at radius 1 is 1.42 bits per heavy atom. The average Bonchev–Trinajstić information content (AvgIpc) is 3.13. The molecule has 1 N–H and O–H groups in total. The topological polar surface area (TPSA) is 36.4 Å². The number of pyridine rings is 1. The van der Waals surface area contributed by atoms with E-state index in [0.717, 1.165) is 17.9 Å². The molecule has 1 fully saturated rings. The first-order valence-corrected chi connectivity index (χ1v) is 7.60. The fourth-order valence-electron chi connectivity index (χ4n) is 2.21. The molecule has 0 aliphatic heterocycles. The predicted molar refractivity (Wildman–Crippen MR) is 78.4 cm³/mol. The number of thiophene rings is 1. The zero-order chi connectivity index (χ0) is 13.2. The van der Waals surface area contributed by atoms with Crippen LogP contribution in [0.5, 0.6) is 0 Å². The van der Waals surface area contributed by atoms with Crippen LogP contribution in [0.2, 0.25) is 0 Å². The van der Waals surface area contributed by atoms with Crippen LogP contribution >= 0.6 is 11.3 Å². The largest absolute Gasteiger partial charge is 0.387 e. The van der Waals surface area contributed by atoms with Gasteiger partial charge < -0.3 is 10.0 Å². The highest BCUT2D eigenvalue weighted by Crippen LogP contribution is 2.33. The van der Waals surface area contributed by atoms with E-state index in [1.807, 2.05) is 12.3 Å². The minimum atomic E-state index is -0.500. The molecule has 19 heavy (non-hydrogen) atoms. The van der Waals surface area contributed by atoms with Gasteiger partial charge >= 0.3 is 0 Å². The van der Waals surface area contributed by atoms with Crippen LogP contribution in [0.15, 0.2) is 35.2 Å². The second kappa shape index (κ2) is 5.31. The Bertz CT molecular complexity index is 518. The van der Waals surface area contributed by atoms with Crippen molar-refractivity contribution in [2.45, 2.75) is 38.5 Å². The van der Waals surface area contributed by atoms with Crippen molar-refractivity contribution in [1.82, 2.24) is 4.98 Å². The molecule has 0 amide bonds. The van der Waals surface area contributed by atoms with Crippen molar-refractivity contribution in [2.24, 2.45) is 0 Å². The lowest BCUT2D eigenvalue weighted by Crippen LogP contribution is -2.24. The van der Waals surface area contributed by atoms with Gasteiger partial charge in [0.2, 0.25) is 0 Å². The molecular weight excluding hydrogens is 256 g/mol. The number of aliphatic hydroxyl groups excluding tert-OH is 1. The van der Waals surface area contributed by atoms with Crippen molar-refractivity contribution in [3.8, 4) is 0 Å². The summed E-state index contributed by atoms with van der Waals surface area (Å²) < 4.78 is 0. The Balaban J connectivity index is 1.79. The van der Waals surface area contributed by atoms with Gasteiger partial charge in [0, 0.05) is 12.6 Å². The third-order valence-electron chi connectivity index (χ3n) is 3.45. The molecule has 3 rings (SSSR count). The van der Waals surface area contributed by atoms with Crippen LogP contribution < -0.4 is 4.90 Å². The third kappa shape index (κ3) is 2.96. The van der Waals surface area contributed by atoms with Gasteiger partial charge in [-0.3, -0.25) is 4.98 Å². The zero-order valence-electron chi connectivity index (χ0n) is 11.0. The van der Waals surface area contributed by atoms with E-state index in [-0.39, 0.29) is 0 Å². The highest BCUT2D eigenvalue weighted by molar-refractivity contribution is 7.07. The molecular formula is C15H18N2OS. The summed E-state index contributed by atoms with van der Waals surface area (Å²) in [6.07, 6.45) is 3.91. The van der Waals surface area contributed by atoms with Crippen LogP contribution in [0.25, 0.3) is 0 Å². The third-order valence-corrected chi connectivity index (χ3v) is 4.18. The van der Waals surface area contributed by atoms with Crippen LogP contribution in [0.3, 0.4) is 0 Å². The molecule has 0 bridgehead atoms. The SMILES string of the molecule is C[C@@H](O)c1ccc(N(Cc2ccsc2)C2CC2)cn1. The first kappa shape index (κ1) is 12.6. The summed E-state index contributed by atoms with van der Waals surface area (Å²) in [6, 6.07) is 6.82. The highest BCUT2D eigenvalue weighted by Gasteiger charge is 2.29. The predicted octanol–water partition coefficient (Wildman–Crippen LogP) is 3.37. The molecule has 2 heterocycles. The molecule has 0 aromatic carbocycles. The van der Waals surface area contributed by atoms with Crippen molar-refractivity contribution >= 4 is 17.0 Å². The van der Waals surface area contributed by atoms with E-state index >= 15 is 0 Å². The number of anilines is 1. The molecule has 2 aromatic rings. The Kier molecular flexibility index (Phi) is 3.53. The normalized spacial score (nSPS) is 16.3. The minimum absolute atomic E-state index is 0.500. The second-order valence-electron chi connectivity index (χ2n) is 5.11. The molecule has 3 nitrogen and oxygen atoms in total.